The van der Waals surface area contributed by atoms with Gasteiger partial charge in [0.2, 0.25) is 5.75 Å². The van der Waals surface area contributed by atoms with Gasteiger partial charge in [-0.05, 0) is 12.1 Å². The second-order valence-electron chi connectivity index (χ2n) is 6.10. The highest BCUT2D eigenvalue weighted by atomic mass is 32.2. The molecule has 0 aliphatic heterocycles. The number of phenols is 3. The van der Waals surface area contributed by atoms with Crippen LogP contribution in [0.4, 0.5) is 0 Å². The number of fused-ring (bicyclic) bond motifs is 1. The van der Waals surface area contributed by atoms with E-state index in [1.54, 1.807) is 42.5 Å². The van der Waals surface area contributed by atoms with E-state index in [2.05, 4.69) is 0 Å². The maximum absolute atomic E-state index is 12.0. The molecule has 154 valence electrons. The van der Waals surface area contributed by atoms with Gasteiger partial charge in [0.25, 0.3) is 10.1 Å². The first-order valence-electron chi connectivity index (χ1n) is 8.48. The van der Waals surface area contributed by atoms with Gasteiger partial charge in [-0.25, -0.2) is 0 Å². The van der Waals surface area contributed by atoms with Gasteiger partial charge in [-0.15, -0.1) is 0 Å². The number of hydrogen-bond donors (Lipinski definition) is 4. The number of benzene rings is 3. The molecule has 4 rings (SSSR count). The predicted molar refractivity (Wildman–Crippen MR) is 109 cm³/mol. The minimum absolute atomic E-state index is 0.00385. The highest BCUT2D eigenvalue weighted by molar-refractivity contribution is 7.85. The highest BCUT2D eigenvalue weighted by Crippen LogP contribution is 2.40. The zero-order valence-electron chi connectivity index (χ0n) is 15.3. The van der Waals surface area contributed by atoms with Crippen molar-refractivity contribution in [3.05, 3.63) is 83.0 Å². The lowest BCUT2D eigenvalue weighted by Crippen LogP contribution is -2.00. The molecule has 9 heteroatoms. The first-order chi connectivity index (χ1) is 14.2. The summed E-state index contributed by atoms with van der Waals surface area (Å²) in [4.78, 5) is 12.0. The van der Waals surface area contributed by atoms with Crippen molar-refractivity contribution in [3.8, 4) is 28.6 Å². The molecule has 1 aromatic heterocycles. The molecule has 1 heterocycles. The van der Waals surface area contributed by atoms with E-state index in [0.29, 0.717) is 11.3 Å². The van der Waals surface area contributed by atoms with Gasteiger partial charge in [0.1, 0.15) is 16.7 Å². The van der Waals surface area contributed by atoms with E-state index < -0.39 is 32.8 Å². The molecule has 0 saturated carbocycles. The quantitative estimate of drug-likeness (QED) is 0.280. The van der Waals surface area contributed by atoms with Crippen molar-refractivity contribution in [1.29, 1.82) is 0 Å². The summed E-state index contributed by atoms with van der Waals surface area (Å²) in [5.74, 6) is -1.67. The summed E-state index contributed by atoms with van der Waals surface area (Å²) in [6.45, 7) is 0. The second-order valence-corrected chi connectivity index (χ2v) is 7.52. The summed E-state index contributed by atoms with van der Waals surface area (Å²) in [7, 11) is -4.00. The molecule has 3 aromatic carbocycles. The second kappa shape index (κ2) is 8.27. The Bertz CT molecular complexity index is 1340. The van der Waals surface area contributed by atoms with Crippen LogP contribution >= 0.6 is 0 Å². The van der Waals surface area contributed by atoms with Crippen LogP contribution in [0.1, 0.15) is 0 Å². The van der Waals surface area contributed by atoms with Crippen molar-refractivity contribution < 1.29 is 32.7 Å². The third kappa shape index (κ3) is 4.43. The standard InChI is InChI=1S/C15H10O5.C6H6O3S/c16-9-6-11(8-4-2-1-3-5-8)20-12-7-10(17)14(18)15(19)13(9)12;7-10(8,9)6-4-2-1-3-5-6/h1-7,17-19H;1-5H,(H,7,8,9). The molecule has 0 aliphatic carbocycles. The molecular weight excluding hydrogens is 412 g/mol. The van der Waals surface area contributed by atoms with E-state index in [1.165, 1.54) is 18.2 Å². The normalized spacial score (nSPS) is 11.0. The molecule has 0 unspecified atom stereocenters. The van der Waals surface area contributed by atoms with Gasteiger partial charge >= 0.3 is 0 Å². The molecule has 0 fully saturated rings. The SMILES string of the molecule is O=S(=O)(O)c1ccccc1.O=c1cc(-c2ccccc2)oc2cc(O)c(O)c(O)c12. The van der Waals surface area contributed by atoms with Crippen LogP contribution in [0.2, 0.25) is 0 Å². The monoisotopic (exact) mass is 428 g/mol. The zero-order chi connectivity index (χ0) is 21.9. The summed E-state index contributed by atoms with van der Waals surface area (Å²) in [6, 6.07) is 18.7. The fourth-order valence-corrected chi connectivity index (χ4v) is 3.12. The Labute approximate surface area is 170 Å². The van der Waals surface area contributed by atoms with Crippen LogP contribution in [0.25, 0.3) is 22.3 Å². The van der Waals surface area contributed by atoms with Crippen LogP contribution in [0, 0.1) is 0 Å². The van der Waals surface area contributed by atoms with Crippen LogP contribution < -0.4 is 5.43 Å². The molecule has 0 aliphatic rings. The van der Waals surface area contributed by atoms with Crippen LogP contribution in [0.3, 0.4) is 0 Å². The average Bonchev–Trinajstić information content (AvgIpc) is 2.73. The predicted octanol–water partition coefficient (Wildman–Crippen LogP) is 3.51. The van der Waals surface area contributed by atoms with E-state index in [-0.39, 0.29) is 15.9 Å². The molecule has 0 saturated heterocycles. The van der Waals surface area contributed by atoms with Gasteiger partial charge in [0, 0.05) is 17.7 Å². The molecule has 0 atom stereocenters. The topological polar surface area (TPSA) is 145 Å². The van der Waals surface area contributed by atoms with Crippen LogP contribution in [-0.4, -0.2) is 28.3 Å². The summed E-state index contributed by atoms with van der Waals surface area (Å²) >= 11 is 0. The molecule has 0 spiro atoms. The average molecular weight is 428 g/mol. The van der Waals surface area contributed by atoms with Crippen molar-refractivity contribution in [2.24, 2.45) is 0 Å². The maximum Gasteiger partial charge on any atom is 0.294 e. The largest absolute Gasteiger partial charge is 0.504 e. The number of aromatic hydroxyl groups is 3. The molecule has 4 N–H and O–H groups in total. The number of hydrogen-bond acceptors (Lipinski definition) is 7. The first kappa shape index (κ1) is 20.9. The van der Waals surface area contributed by atoms with Crippen LogP contribution in [0.5, 0.6) is 17.2 Å². The summed E-state index contributed by atoms with van der Waals surface area (Å²) in [5, 5.41) is 28.5. The Kier molecular flexibility index (Phi) is 5.77. The molecule has 0 radical (unpaired) electrons. The Morgan fingerprint density at radius 1 is 0.767 bits per heavy atom. The fraction of sp³-hybridized carbons (Fsp3) is 0. The summed E-state index contributed by atoms with van der Waals surface area (Å²) in [5.41, 5.74) is 0.195. The molecule has 8 nitrogen and oxygen atoms in total. The van der Waals surface area contributed by atoms with Crippen LogP contribution in [0.15, 0.2) is 86.9 Å². The summed E-state index contributed by atoms with van der Waals surface area (Å²) in [6.07, 6.45) is 0. The molecule has 30 heavy (non-hydrogen) atoms. The lowest BCUT2D eigenvalue weighted by molar-refractivity contribution is 0.370. The Hall–Kier alpha value is -3.82. The van der Waals surface area contributed by atoms with Crippen molar-refractivity contribution >= 4 is 21.1 Å². The van der Waals surface area contributed by atoms with Gasteiger partial charge in [-0.2, -0.15) is 8.42 Å². The summed E-state index contributed by atoms with van der Waals surface area (Å²) < 4.78 is 34.8. The smallest absolute Gasteiger partial charge is 0.294 e. The van der Waals surface area contributed by atoms with E-state index in [1.807, 2.05) is 6.07 Å². The molecular formula is C21H16O8S. The lowest BCUT2D eigenvalue weighted by atomic mass is 10.1. The third-order valence-corrected chi connectivity index (χ3v) is 4.91. The fourth-order valence-electron chi connectivity index (χ4n) is 2.62. The van der Waals surface area contributed by atoms with E-state index >= 15 is 0 Å². The van der Waals surface area contributed by atoms with Gasteiger partial charge in [0.05, 0.1) is 4.90 Å². The lowest BCUT2D eigenvalue weighted by Gasteiger charge is -2.06. The Balaban J connectivity index is 0.000000216. The molecule has 4 aromatic rings. The van der Waals surface area contributed by atoms with Gasteiger partial charge in [0.15, 0.2) is 16.9 Å². The number of rotatable bonds is 2. The van der Waals surface area contributed by atoms with Crippen molar-refractivity contribution in [2.75, 3.05) is 0 Å². The third-order valence-electron chi connectivity index (χ3n) is 4.05. The number of phenolic OH excluding ortho intramolecular Hbond substituents is 3. The molecule has 0 amide bonds. The van der Waals surface area contributed by atoms with Gasteiger partial charge in [-0.1, -0.05) is 48.5 Å². The molecule has 0 bridgehead atoms. The van der Waals surface area contributed by atoms with Gasteiger partial charge in [-0.3, -0.25) is 9.35 Å². The van der Waals surface area contributed by atoms with E-state index in [0.717, 1.165) is 6.07 Å². The minimum atomic E-state index is -4.00. The van der Waals surface area contributed by atoms with Crippen molar-refractivity contribution in [1.82, 2.24) is 0 Å². The maximum atomic E-state index is 12.0. The van der Waals surface area contributed by atoms with Crippen LogP contribution in [-0.2, 0) is 10.1 Å². The first-order valence-corrected chi connectivity index (χ1v) is 9.92. The van der Waals surface area contributed by atoms with Crippen molar-refractivity contribution in [2.45, 2.75) is 4.90 Å². The van der Waals surface area contributed by atoms with E-state index in [4.69, 9.17) is 8.97 Å². The van der Waals surface area contributed by atoms with Gasteiger partial charge < -0.3 is 19.7 Å². The minimum Gasteiger partial charge on any atom is -0.504 e. The van der Waals surface area contributed by atoms with Crippen molar-refractivity contribution in [3.63, 3.8) is 0 Å². The zero-order valence-corrected chi connectivity index (χ0v) is 16.1. The highest BCUT2D eigenvalue weighted by Gasteiger charge is 2.17. The Morgan fingerprint density at radius 2 is 1.33 bits per heavy atom. The Morgan fingerprint density at radius 3 is 1.87 bits per heavy atom. The van der Waals surface area contributed by atoms with E-state index in [9.17, 15) is 28.5 Å².